The lowest BCUT2D eigenvalue weighted by atomic mass is 10.1. The first-order chi connectivity index (χ1) is 10.0. The summed E-state index contributed by atoms with van der Waals surface area (Å²) in [6, 6.07) is 12.8. The smallest absolute Gasteiger partial charge is 0.328 e. The van der Waals surface area contributed by atoms with Gasteiger partial charge in [0, 0.05) is 17.3 Å². The van der Waals surface area contributed by atoms with Gasteiger partial charge in [-0.05, 0) is 42.0 Å². The molecule has 106 valence electrons. The van der Waals surface area contributed by atoms with E-state index in [0.717, 1.165) is 6.08 Å². The summed E-state index contributed by atoms with van der Waals surface area (Å²) >= 11 is 0. The van der Waals surface area contributed by atoms with Crippen molar-refractivity contribution in [3.63, 3.8) is 0 Å². The first-order valence-electron chi connectivity index (χ1n) is 6.16. The molecule has 0 aliphatic rings. The summed E-state index contributed by atoms with van der Waals surface area (Å²) in [6.07, 6.45) is 2.50. The third-order valence-corrected chi connectivity index (χ3v) is 2.70. The van der Waals surface area contributed by atoms with Crippen molar-refractivity contribution in [2.75, 3.05) is 5.32 Å². The third kappa shape index (κ3) is 4.21. The minimum Gasteiger partial charge on any atom is -0.508 e. The highest BCUT2D eigenvalue weighted by Gasteiger charge is 2.06. The number of carboxylic acids is 1. The summed E-state index contributed by atoms with van der Waals surface area (Å²) < 4.78 is 0. The van der Waals surface area contributed by atoms with Crippen LogP contribution in [-0.4, -0.2) is 22.1 Å². The van der Waals surface area contributed by atoms with Crippen LogP contribution in [0.5, 0.6) is 5.75 Å². The number of carbonyl (C=O) groups excluding carboxylic acids is 1. The zero-order valence-corrected chi connectivity index (χ0v) is 11.0. The number of aromatic hydroxyl groups is 1. The van der Waals surface area contributed by atoms with Gasteiger partial charge in [-0.2, -0.15) is 0 Å². The molecule has 0 aromatic heterocycles. The SMILES string of the molecule is O=C(O)/C=C/c1ccc(NC(=O)c2cccc(O)c2)cc1. The molecule has 0 spiro atoms. The van der Waals surface area contributed by atoms with Crippen LogP contribution in [0, 0.1) is 0 Å². The van der Waals surface area contributed by atoms with Crippen LogP contribution >= 0.6 is 0 Å². The fourth-order valence-corrected chi connectivity index (χ4v) is 1.70. The van der Waals surface area contributed by atoms with Gasteiger partial charge in [0.1, 0.15) is 5.75 Å². The van der Waals surface area contributed by atoms with Crippen LogP contribution in [-0.2, 0) is 4.79 Å². The van der Waals surface area contributed by atoms with Gasteiger partial charge in [0.05, 0.1) is 0 Å². The van der Waals surface area contributed by atoms with Gasteiger partial charge in [-0.1, -0.05) is 18.2 Å². The van der Waals surface area contributed by atoms with Gasteiger partial charge in [-0.3, -0.25) is 4.79 Å². The van der Waals surface area contributed by atoms with Crippen molar-refractivity contribution < 1.29 is 19.8 Å². The molecule has 2 aromatic carbocycles. The lowest BCUT2D eigenvalue weighted by Crippen LogP contribution is -2.11. The molecular formula is C16H13NO4. The molecule has 0 saturated carbocycles. The second kappa shape index (κ2) is 6.38. The zero-order chi connectivity index (χ0) is 15.2. The topological polar surface area (TPSA) is 86.6 Å². The van der Waals surface area contributed by atoms with Gasteiger partial charge in [0.25, 0.3) is 5.91 Å². The van der Waals surface area contributed by atoms with Gasteiger partial charge in [0.15, 0.2) is 0 Å². The van der Waals surface area contributed by atoms with Crippen molar-refractivity contribution >= 4 is 23.6 Å². The van der Waals surface area contributed by atoms with E-state index in [1.807, 2.05) is 0 Å². The summed E-state index contributed by atoms with van der Waals surface area (Å²) in [7, 11) is 0. The van der Waals surface area contributed by atoms with E-state index in [1.165, 1.54) is 18.2 Å². The van der Waals surface area contributed by atoms with Crippen LogP contribution in [0.1, 0.15) is 15.9 Å². The van der Waals surface area contributed by atoms with Crippen molar-refractivity contribution in [3.8, 4) is 5.75 Å². The van der Waals surface area contributed by atoms with E-state index in [1.54, 1.807) is 36.4 Å². The molecule has 0 fully saturated rings. The fraction of sp³-hybridized carbons (Fsp3) is 0. The standard InChI is InChI=1S/C16H13NO4/c18-14-3-1-2-12(10-14)16(21)17-13-7-4-11(5-8-13)6-9-15(19)20/h1-10,18H,(H,17,21)(H,19,20)/b9-6+. The van der Waals surface area contributed by atoms with Gasteiger partial charge in [-0.15, -0.1) is 0 Å². The number of anilines is 1. The predicted octanol–water partition coefficient (Wildman–Crippen LogP) is 2.74. The van der Waals surface area contributed by atoms with Crippen molar-refractivity contribution in [2.24, 2.45) is 0 Å². The van der Waals surface area contributed by atoms with Crippen molar-refractivity contribution in [1.29, 1.82) is 0 Å². The molecule has 0 atom stereocenters. The molecule has 0 unspecified atom stereocenters. The number of carbonyl (C=O) groups is 2. The molecule has 3 N–H and O–H groups in total. The molecule has 0 aliphatic heterocycles. The molecule has 2 aromatic rings. The summed E-state index contributed by atoms with van der Waals surface area (Å²) in [4.78, 5) is 22.4. The average molecular weight is 283 g/mol. The van der Waals surface area contributed by atoms with Crippen LogP contribution < -0.4 is 5.32 Å². The molecule has 5 heteroatoms. The first-order valence-corrected chi connectivity index (χ1v) is 6.16. The van der Waals surface area contributed by atoms with E-state index >= 15 is 0 Å². The summed E-state index contributed by atoms with van der Waals surface area (Å²) in [5.41, 5.74) is 1.65. The number of phenols is 1. The maximum Gasteiger partial charge on any atom is 0.328 e. The Morgan fingerprint density at radius 2 is 1.76 bits per heavy atom. The van der Waals surface area contributed by atoms with E-state index in [-0.39, 0.29) is 11.7 Å². The minimum absolute atomic E-state index is 0.0248. The Hall–Kier alpha value is -3.08. The predicted molar refractivity (Wildman–Crippen MR) is 79.2 cm³/mol. The molecule has 21 heavy (non-hydrogen) atoms. The average Bonchev–Trinajstić information content (AvgIpc) is 2.46. The highest BCUT2D eigenvalue weighted by Crippen LogP contribution is 2.15. The number of aliphatic carboxylic acids is 1. The monoisotopic (exact) mass is 283 g/mol. The second-order valence-corrected chi connectivity index (χ2v) is 4.30. The van der Waals surface area contributed by atoms with Crippen LogP contribution in [0.2, 0.25) is 0 Å². The summed E-state index contributed by atoms with van der Waals surface area (Å²) in [5, 5.41) is 20.6. The van der Waals surface area contributed by atoms with Gasteiger partial charge in [-0.25, -0.2) is 4.79 Å². The number of phenolic OH excluding ortho intramolecular Hbond substituents is 1. The molecule has 0 aliphatic carbocycles. The lowest BCUT2D eigenvalue weighted by Gasteiger charge is -2.06. The van der Waals surface area contributed by atoms with E-state index in [4.69, 9.17) is 5.11 Å². The lowest BCUT2D eigenvalue weighted by molar-refractivity contribution is -0.131. The molecule has 0 saturated heterocycles. The van der Waals surface area contributed by atoms with Crippen LogP contribution in [0.15, 0.2) is 54.6 Å². The van der Waals surface area contributed by atoms with Gasteiger partial charge < -0.3 is 15.5 Å². The number of rotatable bonds is 4. The number of amides is 1. The quantitative estimate of drug-likeness (QED) is 0.753. The normalized spacial score (nSPS) is 10.5. The highest BCUT2D eigenvalue weighted by atomic mass is 16.4. The van der Waals surface area contributed by atoms with Crippen LogP contribution in [0.4, 0.5) is 5.69 Å². The largest absolute Gasteiger partial charge is 0.508 e. The molecule has 2 rings (SSSR count). The Morgan fingerprint density at radius 1 is 1.05 bits per heavy atom. The Balaban J connectivity index is 2.06. The van der Waals surface area contributed by atoms with E-state index in [0.29, 0.717) is 16.8 Å². The maximum absolute atomic E-state index is 12.0. The highest BCUT2D eigenvalue weighted by molar-refractivity contribution is 6.04. The first kappa shape index (κ1) is 14.3. The molecule has 0 bridgehead atoms. The van der Waals surface area contributed by atoms with E-state index in [9.17, 15) is 14.7 Å². The zero-order valence-electron chi connectivity index (χ0n) is 11.0. The number of benzene rings is 2. The Labute approximate surface area is 121 Å². The van der Waals surface area contributed by atoms with Gasteiger partial charge in [0.2, 0.25) is 0 Å². The van der Waals surface area contributed by atoms with E-state index < -0.39 is 5.97 Å². The summed E-state index contributed by atoms with van der Waals surface area (Å²) in [5.74, 6) is -1.33. The Kier molecular flexibility index (Phi) is 4.36. The van der Waals surface area contributed by atoms with Crippen LogP contribution in [0.25, 0.3) is 6.08 Å². The Morgan fingerprint density at radius 3 is 2.38 bits per heavy atom. The number of nitrogens with one attached hydrogen (secondary N) is 1. The maximum atomic E-state index is 12.0. The number of carboxylic acid groups (broad SMARTS) is 1. The van der Waals surface area contributed by atoms with Crippen molar-refractivity contribution in [2.45, 2.75) is 0 Å². The van der Waals surface area contributed by atoms with Crippen molar-refractivity contribution in [1.82, 2.24) is 0 Å². The van der Waals surface area contributed by atoms with E-state index in [2.05, 4.69) is 5.32 Å². The fourth-order valence-electron chi connectivity index (χ4n) is 1.70. The minimum atomic E-state index is -1.02. The van der Waals surface area contributed by atoms with Crippen LogP contribution in [0.3, 0.4) is 0 Å². The molecule has 1 amide bonds. The molecule has 0 radical (unpaired) electrons. The molecule has 5 nitrogen and oxygen atoms in total. The second-order valence-electron chi connectivity index (χ2n) is 4.30. The van der Waals surface area contributed by atoms with Gasteiger partial charge >= 0.3 is 5.97 Å². The van der Waals surface area contributed by atoms with Crippen molar-refractivity contribution in [3.05, 3.63) is 65.7 Å². The number of hydrogen-bond acceptors (Lipinski definition) is 3. The number of hydrogen-bond donors (Lipinski definition) is 3. The Bertz CT molecular complexity index is 690. The summed E-state index contributed by atoms with van der Waals surface area (Å²) in [6.45, 7) is 0. The third-order valence-electron chi connectivity index (χ3n) is 2.70. The molecule has 0 heterocycles. The molecular weight excluding hydrogens is 270 g/mol.